The highest BCUT2D eigenvalue weighted by molar-refractivity contribution is 6.00. The molecule has 118 valence electrons. The van der Waals surface area contributed by atoms with E-state index < -0.39 is 6.29 Å². The van der Waals surface area contributed by atoms with Gasteiger partial charge in [0.1, 0.15) is 5.78 Å². The molecule has 2 saturated heterocycles. The fraction of sp³-hybridized carbons (Fsp3) is 0.889. The predicted molar refractivity (Wildman–Crippen MR) is 75.7 cm³/mol. The maximum absolute atomic E-state index is 13.4. The Kier molecular flexibility index (Phi) is 2.21. The van der Waals surface area contributed by atoms with Crippen molar-refractivity contribution in [2.75, 3.05) is 6.61 Å². The lowest BCUT2D eigenvalue weighted by atomic mass is 9.48. The average Bonchev–Trinajstić information content (AvgIpc) is 3.07. The number of hydrogen-bond acceptors (Lipinski definition) is 4. The molecule has 0 spiro atoms. The van der Waals surface area contributed by atoms with Crippen LogP contribution in [0.4, 0.5) is 0 Å². The molecule has 2 heterocycles. The zero-order valence-electron chi connectivity index (χ0n) is 12.7. The standard InChI is InChI=1S/C18H22O4/c19-15-13-12(11-7-21-17(15)22-11)14(13)16(20)18-4-8-1-9(5-18)3-10(2-8)6-18/h8-14,17H,1-7H2/t8?,9?,10?,11-,12-,13+,14+,17-,18?/m1/s1. The molecule has 0 aromatic carbocycles. The molecule has 0 unspecified atom stereocenters. The van der Waals surface area contributed by atoms with E-state index in [0.29, 0.717) is 12.4 Å². The number of fused-ring (bicyclic) bond motifs is 4. The monoisotopic (exact) mass is 302 g/mol. The highest BCUT2D eigenvalue weighted by Crippen LogP contribution is 2.65. The Morgan fingerprint density at radius 1 is 1.05 bits per heavy atom. The van der Waals surface area contributed by atoms with Gasteiger partial charge in [0.2, 0.25) is 6.29 Å². The number of ketones is 2. The van der Waals surface area contributed by atoms with E-state index in [0.717, 1.165) is 37.0 Å². The van der Waals surface area contributed by atoms with Crippen molar-refractivity contribution in [1.82, 2.24) is 0 Å². The minimum absolute atomic E-state index is 0.00411. The van der Waals surface area contributed by atoms with Crippen LogP contribution in [-0.2, 0) is 19.1 Å². The Morgan fingerprint density at radius 3 is 2.32 bits per heavy atom. The first-order valence-corrected chi connectivity index (χ1v) is 9.00. The largest absolute Gasteiger partial charge is 0.343 e. The summed E-state index contributed by atoms with van der Waals surface area (Å²) in [6, 6.07) is 0. The maximum Gasteiger partial charge on any atom is 0.218 e. The fourth-order valence-corrected chi connectivity index (χ4v) is 7.20. The van der Waals surface area contributed by atoms with E-state index in [9.17, 15) is 9.59 Å². The van der Waals surface area contributed by atoms with Crippen LogP contribution in [0.2, 0.25) is 0 Å². The van der Waals surface area contributed by atoms with Crippen LogP contribution in [0, 0.1) is 40.9 Å². The summed E-state index contributed by atoms with van der Waals surface area (Å²) in [5.74, 6) is 2.84. The van der Waals surface area contributed by atoms with Crippen LogP contribution in [0.15, 0.2) is 0 Å². The Labute approximate surface area is 129 Å². The van der Waals surface area contributed by atoms with Gasteiger partial charge in [-0.1, -0.05) is 0 Å². The summed E-state index contributed by atoms with van der Waals surface area (Å²) in [6.07, 6.45) is 6.70. The van der Waals surface area contributed by atoms with Crippen molar-refractivity contribution in [2.45, 2.75) is 50.9 Å². The second-order valence-corrected chi connectivity index (χ2v) is 8.93. The van der Waals surface area contributed by atoms with Gasteiger partial charge in [0.05, 0.1) is 12.7 Å². The molecule has 5 aliphatic carbocycles. The second-order valence-electron chi connectivity index (χ2n) is 8.93. The van der Waals surface area contributed by atoms with Crippen molar-refractivity contribution < 1.29 is 19.1 Å². The topological polar surface area (TPSA) is 52.6 Å². The number of hydrogen-bond donors (Lipinski definition) is 0. The first-order chi connectivity index (χ1) is 10.6. The van der Waals surface area contributed by atoms with Crippen LogP contribution in [0.3, 0.4) is 0 Å². The van der Waals surface area contributed by atoms with E-state index in [-0.39, 0.29) is 35.1 Å². The zero-order valence-corrected chi connectivity index (χ0v) is 12.7. The quantitative estimate of drug-likeness (QED) is 0.782. The van der Waals surface area contributed by atoms with Crippen molar-refractivity contribution in [3.8, 4) is 0 Å². The molecule has 7 fully saturated rings. The van der Waals surface area contributed by atoms with Crippen LogP contribution in [0.5, 0.6) is 0 Å². The van der Waals surface area contributed by atoms with Crippen LogP contribution in [0.1, 0.15) is 38.5 Å². The summed E-state index contributed by atoms with van der Waals surface area (Å²) in [7, 11) is 0. The highest BCUT2D eigenvalue weighted by Gasteiger charge is 2.71. The predicted octanol–water partition coefficient (Wildman–Crippen LogP) is 1.96. The van der Waals surface area contributed by atoms with E-state index in [4.69, 9.17) is 9.47 Å². The van der Waals surface area contributed by atoms with Crippen molar-refractivity contribution in [3.63, 3.8) is 0 Å². The molecule has 0 aromatic heterocycles. The van der Waals surface area contributed by atoms with E-state index in [1.165, 1.54) is 19.3 Å². The number of rotatable bonds is 2. The SMILES string of the molecule is O=C1[C@@H]2OC[C@@H](O2)[C@@H]2[C@H]1[C@H]2C(=O)C12CC3CC(CC(C3)C1)C2. The van der Waals surface area contributed by atoms with Gasteiger partial charge < -0.3 is 9.47 Å². The molecule has 0 N–H and O–H groups in total. The molecule has 5 atom stereocenters. The third kappa shape index (κ3) is 1.42. The number of carbonyl (C=O) groups excluding carboxylic acids is 2. The molecule has 0 radical (unpaired) electrons. The summed E-state index contributed by atoms with van der Waals surface area (Å²) < 4.78 is 11.0. The molecule has 2 aliphatic heterocycles. The van der Waals surface area contributed by atoms with Gasteiger partial charge in [0, 0.05) is 23.2 Å². The summed E-state index contributed by atoms with van der Waals surface area (Å²) in [5, 5.41) is 0. The molecule has 4 heteroatoms. The normalized spacial score (nSPS) is 60.5. The Bertz CT molecular complexity index is 546. The van der Waals surface area contributed by atoms with E-state index in [2.05, 4.69) is 0 Å². The lowest BCUT2D eigenvalue weighted by Gasteiger charge is -2.56. The smallest absolute Gasteiger partial charge is 0.218 e. The van der Waals surface area contributed by atoms with Gasteiger partial charge in [-0.25, -0.2) is 0 Å². The van der Waals surface area contributed by atoms with Gasteiger partial charge in [-0.05, 0) is 56.3 Å². The van der Waals surface area contributed by atoms with Crippen molar-refractivity contribution in [3.05, 3.63) is 0 Å². The summed E-state index contributed by atoms with van der Waals surface area (Å²) in [6.45, 7) is 0.502. The molecule has 0 amide bonds. The van der Waals surface area contributed by atoms with Gasteiger partial charge in [-0.2, -0.15) is 0 Å². The Balaban J connectivity index is 1.31. The van der Waals surface area contributed by atoms with Crippen LogP contribution >= 0.6 is 0 Å². The lowest BCUT2D eigenvalue weighted by molar-refractivity contribution is -0.154. The highest BCUT2D eigenvalue weighted by atomic mass is 16.7. The summed E-state index contributed by atoms with van der Waals surface area (Å²) >= 11 is 0. The zero-order chi connectivity index (χ0) is 14.6. The minimum atomic E-state index is -0.666. The van der Waals surface area contributed by atoms with E-state index in [1.807, 2.05) is 0 Å². The fourth-order valence-electron chi connectivity index (χ4n) is 7.20. The van der Waals surface area contributed by atoms with Crippen molar-refractivity contribution in [2.24, 2.45) is 40.9 Å². The van der Waals surface area contributed by atoms with Gasteiger partial charge in [0.25, 0.3) is 0 Å². The molecular weight excluding hydrogens is 280 g/mol. The molecule has 7 rings (SSSR count). The Hall–Kier alpha value is -0.740. The van der Waals surface area contributed by atoms with Gasteiger partial charge in [0.15, 0.2) is 5.78 Å². The third-order valence-corrected chi connectivity index (χ3v) is 7.64. The number of ether oxygens (including phenoxy) is 2. The van der Waals surface area contributed by atoms with Crippen LogP contribution in [0.25, 0.3) is 0 Å². The average molecular weight is 302 g/mol. The van der Waals surface area contributed by atoms with Gasteiger partial charge in [-0.3, -0.25) is 9.59 Å². The van der Waals surface area contributed by atoms with Crippen LogP contribution in [-0.4, -0.2) is 30.6 Å². The molecule has 7 aliphatic rings. The molecular formula is C18H22O4. The molecule has 5 saturated carbocycles. The molecule has 22 heavy (non-hydrogen) atoms. The molecule has 4 nitrogen and oxygen atoms in total. The Morgan fingerprint density at radius 2 is 1.68 bits per heavy atom. The van der Waals surface area contributed by atoms with Crippen molar-refractivity contribution >= 4 is 11.6 Å². The van der Waals surface area contributed by atoms with Gasteiger partial charge in [-0.15, -0.1) is 0 Å². The molecule has 0 aromatic rings. The van der Waals surface area contributed by atoms with E-state index >= 15 is 0 Å². The second kappa shape index (κ2) is 3.84. The third-order valence-electron chi connectivity index (χ3n) is 7.64. The minimum Gasteiger partial charge on any atom is -0.343 e. The number of carbonyl (C=O) groups is 2. The summed E-state index contributed by atoms with van der Waals surface area (Å²) in [4.78, 5) is 25.8. The maximum atomic E-state index is 13.4. The van der Waals surface area contributed by atoms with Gasteiger partial charge >= 0.3 is 0 Å². The first kappa shape index (κ1) is 12.7. The summed E-state index contributed by atoms with van der Waals surface area (Å²) in [5.41, 5.74) is -0.0723. The van der Waals surface area contributed by atoms with E-state index in [1.54, 1.807) is 0 Å². The molecule has 6 bridgehead atoms. The van der Waals surface area contributed by atoms with Crippen LogP contribution < -0.4 is 0 Å². The lowest BCUT2D eigenvalue weighted by Crippen LogP contribution is -2.50. The number of Topliss-reactive ketones (excluding diaryl/α,β-unsaturated/α-hetero) is 2. The van der Waals surface area contributed by atoms with Crippen molar-refractivity contribution in [1.29, 1.82) is 0 Å². The first-order valence-electron chi connectivity index (χ1n) is 9.00.